The summed E-state index contributed by atoms with van der Waals surface area (Å²) in [6.45, 7) is 14.3. The van der Waals surface area contributed by atoms with Crippen molar-refractivity contribution in [2.24, 2.45) is 0 Å². The molecule has 2 aromatic rings. The highest BCUT2D eigenvalue weighted by atomic mass is 28.4. The fourth-order valence-electron chi connectivity index (χ4n) is 2.53. The summed E-state index contributed by atoms with van der Waals surface area (Å²) in [6, 6.07) is 15.0. The van der Waals surface area contributed by atoms with Gasteiger partial charge in [0.25, 0.3) is 0 Å². The third-order valence-corrected chi connectivity index (χ3v) is 9.82. The van der Waals surface area contributed by atoms with E-state index >= 15 is 0 Å². The van der Waals surface area contributed by atoms with Crippen LogP contribution in [0.4, 0.5) is 0 Å². The Balaban J connectivity index is 2.07. The Morgan fingerprint density at radius 3 is 2.28 bits per heavy atom. The second-order valence-electron chi connectivity index (χ2n) is 8.34. The Labute approximate surface area is 154 Å². The number of rotatable bonds is 6. The predicted octanol–water partition coefficient (Wildman–Crippen LogP) is 6.12. The molecule has 0 radical (unpaired) electrons. The molecule has 0 bridgehead atoms. The number of methoxy groups -OCH3 is 1. The second-order valence-corrected chi connectivity index (χ2v) is 13.1. The van der Waals surface area contributed by atoms with Crippen molar-refractivity contribution >= 4 is 8.32 Å². The fourth-order valence-corrected chi connectivity index (χ4v) is 3.49. The number of benzene rings is 2. The largest absolute Gasteiger partial charge is 0.497 e. The zero-order valence-electron chi connectivity index (χ0n) is 16.8. The van der Waals surface area contributed by atoms with Gasteiger partial charge in [-0.15, -0.1) is 0 Å². The van der Waals surface area contributed by atoms with Crippen LogP contribution in [0.15, 0.2) is 42.5 Å². The maximum Gasteiger partial charge on any atom is 0.192 e. The molecule has 0 aliphatic heterocycles. The van der Waals surface area contributed by atoms with Crippen LogP contribution in [-0.4, -0.2) is 15.4 Å². The molecule has 0 N–H and O–H groups in total. The van der Waals surface area contributed by atoms with Gasteiger partial charge in [-0.1, -0.05) is 51.1 Å². The maximum atomic E-state index is 6.35. The first-order valence-corrected chi connectivity index (χ1v) is 11.9. The quantitative estimate of drug-likeness (QED) is 0.581. The summed E-state index contributed by atoms with van der Waals surface area (Å²) < 4.78 is 11.7. The summed E-state index contributed by atoms with van der Waals surface area (Å²) in [5, 5.41) is 0.244. The summed E-state index contributed by atoms with van der Waals surface area (Å²) in [7, 11) is 0.00580. The molecule has 0 unspecified atom stereocenters. The Kier molecular flexibility index (Phi) is 6.12. The summed E-state index contributed by atoms with van der Waals surface area (Å²) in [5.41, 5.74) is 5.20. The summed E-state index contributed by atoms with van der Waals surface area (Å²) in [4.78, 5) is 0. The molecule has 0 aliphatic rings. The molecule has 136 valence electrons. The molecule has 0 spiro atoms. The second kappa shape index (κ2) is 7.75. The van der Waals surface area contributed by atoms with Gasteiger partial charge in [0.15, 0.2) is 8.32 Å². The minimum atomic E-state index is -1.70. The van der Waals surface area contributed by atoms with Crippen LogP contribution in [0.3, 0.4) is 0 Å². The van der Waals surface area contributed by atoms with Gasteiger partial charge in [-0.2, -0.15) is 0 Å². The average molecular weight is 357 g/mol. The van der Waals surface area contributed by atoms with E-state index in [2.05, 4.69) is 71.1 Å². The van der Waals surface area contributed by atoms with Crippen LogP contribution in [0, 0.1) is 6.92 Å². The van der Waals surface area contributed by atoms with Crippen molar-refractivity contribution in [3.63, 3.8) is 0 Å². The summed E-state index contributed by atoms with van der Waals surface area (Å²) >= 11 is 0. The van der Waals surface area contributed by atoms with Gasteiger partial charge in [0.2, 0.25) is 0 Å². The normalized spacial score (nSPS) is 12.3. The van der Waals surface area contributed by atoms with Crippen LogP contribution in [0.25, 0.3) is 0 Å². The highest BCUT2D eigenvalue weighted by Gasteiger charge is 2.36. The van der Waals surface area contributed by atoms with Gasteiger partial charge in [-0.25, -0.2) is 0 Å². The van der Waals surface area contributed by atoms with Crippen LogP contribution >= 0.6 is 0 Å². The van der Waals surface area contributed by atoms with E-state index in [0.29, 0.717) is 6.61 Å². The van der Waals surface area contributed by atoms with Crippen LogP contribution in [0.1, 0.15) is 43.0 Å². The topological polar surface area (TPSA) is 18.5 Å². The molecule has 0 fully saturated rings. The molecule has 3 heteroatoms. The monoisotopic (exact) mass is 356 g/mol. The van der Waals surface area contributed by atoms with E-state index in [1.807, 2.05) is 12.1 Å². The zero-order chi connectivity index (χ0) is 18.7. The van der Waals surface area contributed by atoms with Gasteiger partial charge in [-0.3, -0.25) is 0 Å². The Morgan fingerprint density at radius 2 is 1.68 bits per heavy atom. The number of hydrogen-bond acceptors (Lipinski definition) is 2. The van der Waals surface area contributed by atoms with E-state index in [0.717, 1.165) is 12.2 Å². The molecule has 0 aromatic heterocycles. The van der Waals surface area contributed by atoms with E-state index in [1.165, 1.54) is 22.3 Å². The minimum Gasteiger partial charge on any atom is -0.497 e. The lowest BCUT2D eigenvalue weighted by Gasteiger charge is -2.36. The van der Waals surface area contributed by atoms with Crippen molar-refractivity contribution in [2.75, 3.05) is 7.11 Å². The summed E-state index contributed by atoms with van der Waals surface area (Å²) in [5.74, 6) is 0.912. The highest BCUT2D eigenvalue weighted by molar-refractivity contribution is 6.74. The molecule has 0 atom stereocenters. The van der Waals surface area contributed by atoms with Gasteiger partial charge in [0.05, 0.1) is 13.7 Å². The van der Waals surface area contributed by atoms with Gasteiger partial charge in [-0.05, 0) is 65.9 Å². The molecule has 0 saturated heterocycles. The zero-order valence-corrected chi connectivity index (χ0v) is 17.8. The lowest BCUT2D eigenvalue weighted by atomic mass is 9.98. The Bertz CT molecular complexity index is 714. The van der Waals surface area contributed by atoms with Crippen molar-refractivity contribution in [3.05, 3.63) is 64.7 Å². The smallest absolute Gasteiger partial charge is 0.192 e. The van der Waals surface area contributed by atoms with Crippen LogP contribution < -0.4 is 4.74 Å². The molecule has 2 rings (SSSR count). The van der Waals surface area contributed by atoms with E-state index < -0.39 is 8.32 Å². The van der Waals surface area contributed by atoms with Crippen molar-refractivity contribution < 1.29 is 9.16 Å². The molecule has 2 nitrogen and oxygen atoms in total. The van der Waals surface area contributed by atoms with Gasteiger partial charge in [0, 0.05) is 0 Å². The molecule has 2 aromatic carbocycles. The molecular weight excluding hydrogens is 324 g/mol. The van der Waals surface area contributed by atoms with Crippen molar-refractivity contribution in [1.82, 2.24) is 0 Å². The maximum absolute atomic E-state index is 6.35. The first kappa shape index (κ1) is 19.7. The number of ether oxygens (including phenoxy) is 1. The van der Waals surface area contributed by atoms with E-state index in [-0.39, 0.29) is 5.04 Å². The first-order chi connectivity index (χ1) is 11.6. The number of aryl methyl sites for hydroxylation is 1. The van der Waals surface area contributed by atoms with Gasteiger partial charge < -0.3 is 9.16 Å². The fraction of sp³-hybridized carbons (Fsp3) is 0.455. The van der Waals surface area contributed by atoms with E-state index in [4.69, 9.17) is 9.16 Å². The van der Waals surface area contributed by atoms with Crippen molar-refractivity contribution in [3.8, 4) is 5.75 Å². The van der Waals surface area contributed by atoms with Gasteiger partial charge >= 0.3 is 0 Å². The molecule has 0 saturated carbocycles. The Hall–Kier alpha value is -1.58. The van der Waals surface area contributed by atoms with Crippen LogP contribution in [-0.2, 0) is 17.5 Å². The minimum absolute atomic E-state index is 0.244. The third kappa shape index (κ3) is 5.19. The number of hydrogen-bond donors (Lipinski definition) is 0. The first-order valence-electron chi connectivity index (χ1n) is 8.98. The van der Waals surface area contributed by atoms with Crippen molar-refractivity contribution in [2.45, 2.75) is 58.9 Å². The molecular formula is C22H32O2Si. The van der Waals surface area contributed by atoms with Gasteiger partial charge in [0.1, 0.15) is 5.75 Å². The SMILES string of the molecule is COc1cccc(Cc2ccc(CO[Si](C)(C)C(C)(C)C)cc2C)c1. The lowest BCUT2D eigenvalue weighted by Crippen LogP contribution is -2.40. The standard InChI is InChI=1S/C22H32O2Si/c1-17-13-19(16-24-25(6,7)22(2,3)4)11-12-20(17)14-18-9-8-10-21(15-18)23-5/h8-13,15H,14,16H2,1-7H3. The highest BCUT2D eigenvalue weighted by Crippen LogP contribution is 2.37. The average Bonchev–Trinajstić information content (AvgIpc) is 2.54. The lowest BCUT2D eigenvalue weighted by molar-refractivity contribution is 0.276. The Morgan fingerprint density at radius 1 is 0.960 bits per heavy atom. The van der Waals surface area contributed by atoms with Crippen molar-refractivity contribution in [1.29, 1.82) is 0 Å². The van der Waals surface area contributed by atoms with E-state index in [1.54, 1.807) is 7.11 Å². The predicted molar refractivity (Wildman–Crippen MR) is 109 cm³/mol. The summed E-state index contributed by atoms with van der Waals surface area (Å²) in [6.07, 6.45) is 0.923. The third-order valence-electron chi connectivity index (χ3n) is 5.34. The molecule has 0 aliphatic carbocycles. The van der Waals surface area contributed by atoms with Crippen LogP contribution in [0.2, 0.25) is 18.1 Å². The molecule has 25 heavy (non-hydrogen) atoms. The molecule has 0 amide bonds. The van der Waals surface area contributed by atoms with Crippen LogP contribution in [0.5, 0.6) is 5.75 Å². The van der Waals surface area contributed by atoms with E-state index in [9.17, 15) is 0 Å². The molecule has 0 heterocycles.